The Balaban J connectivity index is 1.66. The van der Waals surface area contributed by atoms with Crippen molar-refractivity contribution in [1.29, 1.82) is 0 Å². The first-order valence-corrected chi connectivity index (χ1v) is 11.1. The lowest BCUT2D eigenvalue weighted by molar-refractivity contribution is -0.145. The molecule has 0 aliphatic carbocycles. The lowest BCUT2D eigenvalue weighted by Crippen LogP contribution is -2.04. The molecule has 0 saturated carbocycles. The topological polar surface area (TPSA) is 46.5 Å². The molecule has 0 saturated heterocycles. The Morgan fingerprint density at radius 2 is 1.29 bits per heavy atom. The van der Waals surface area contributed by atoms with Gasteiger partial charge in [0.2, 0.25) is 0 Å². The van der Waals surface area contributed by atoms with E-state index in [4.69, 9.17) is 4.74 Å². The van der Waals surface area contributed by atoms with E-state index in [1.807, 2.05) is 6.07 Å². The minimum absolute atomic E-state index is 0.0276. The molecule has 31 heavy (non-hydrogen) atoms. The van der Waals surface area contributed by atoms with Gasteiger partial charge in [-0.05, 0) is 60.6 Å². The van der Waals surface area contributed by atoms with Crippen molar-refractivity contribution in [2.45, 2.75) is 45.8 Å². The normalized spacial score (nSPS) is 11.8. The molecule has 156 valence electrons. The quantitative estimate of drug-likeness (QED) is 0.138. The van der Waals surface area contributed by atoms with Crippen LogP contribution in [-0.4, -0.2) is 11.1 Å². The molecule has 5 aromatic rings. The largest absolute Gasteiger partial charge is 0.461 e. The second kappa shape index (κ2) is 8.16. The Bertz CT molecular complexity index is 1380. The van der Waals surface area contributed by atoms with Gasteiger partial charge in [-0.1, -0.05) is 80.4 Å². The number of aliphatic hydroxyl groups is 1. The first kappa shape index (κ1) is 19.8. The van der Waals surface area contributed by atoms with Crippen molar-refractivity contribution in [2.75, 3.05) is 0 Å². The number of esters is 1. The number of ether oxygens (including phenoxy) is 1. The van der Waals surface area contributed by atoms with E-state index in [9.17, 15) is 9.90 Å². The van der Waals surface area contributed by atoms with Crippen LogP contribution in [0.25, 0.3) is 43.1 Å². The van der Waals surface area contributed by atoms with Crippen LogP contribution >= 0.6 is 0 Å². The maximum absolute atomic E-state index is 12.1. The summed E-state index contributed by atoms with van der Waals surface area (Å²) in [6.07, 6.45) is 3.52. The van der Waals surface area contributed by atoms with Crippen LogP contribution in [-0.2, 0) is 22.7 Å². The van der Waals surface area contributed by atoms with Crippen LogP contribution in [0.1, 0.15) is 43.7 Å². The highest BCUT2D eigenvalue weighted by atomic mass is 16.5. The van der Waals surface area contributed by atoms with Crippen LogP contribution in [0.15, 0.2) is 60.7 Å². The van der Waals surface area contributed by atoms with Crippen LogP contribution in [0.4, 0.5) is 0 Å². The Kier molecular flexibility index (Phi) is 5.21. The van der Waals surface area contributed by atoms with Crippen molar-refractivity contribution in [3.63, 3.8) is 0 Å². The fraction of sp³-hybridized carbons (Fsp3) is 0.250. The summed E-state index contributed by atoms with van der Waals surface area (Å²) in [5.74, 6) is -0.124. The molecule has 0 aliphatic heterocycles. The third-order valence-corrected chi connectivity index (χ3v) is 6.39. The van der Waals surface area contributed by atoms with Gasteiger partial charge in [0.25, 0.3) is 0 Å². The first-order valence-electron chi connectivity index (χ1n) is 11.1. The number of carbonyl (C=O) groups excluding carboxylic acids is 1. The minimum atomic E-state index is -0.124. The predicted octanol–water partition coefficient (Wildman–Crippen LogP) is 6.85. The van der Waals surface area contributed by atoms with Crippen LogP contribution in [0, 0.1) is 0 Å². The summed E-state index contributed by atoms with van der Waals surface area (Å²) in [7, 11) is 0. The Morgan fingerprint density at radius 1 is 0.742 bits per heavy atom. The van der Waals surface area contributed by atoms with Gasteiger partial charge in [-0.3, -0.25) is 4.79 Å². The molecule has 0 radical (unpaired) electrons. The molecular weight excluding hydrogens is 384 g/mol. The zero-order valence-electron chi connectivity index (χ0n) is 17.8. The van der Waals surface area contributed by atoms with Crippen LogP contribution in [0.2, 0.25) is 0 Å². The van der Waals surface area contributed by atoms with Crippen LogP contribution in [0.3, 0.4) is 0 Å². The number of benzene rings is 5. The molecule has 0 amide bonds. The van der Waals surface area contributed by atoms with Gasteiger partial charge in [0.15, 0.2) is 0 Å². The molecule has 1 N–H and O–H groups in total. The van der Waals surface area contributed by atoms with Crippen molar-refractivity contribution in [1.82, 2.24) is 0 Å². The molecule has 0 aromatic heterocycles. The van der Waals surface area contributed by atoms with Gasteiger partial charge in [-0.15, -0.1) is 0 Å². The first-order chi connectivity index (χ1) is 15.2. The monoisotopic (exact) mass is 410 g/mol. The van der Waals surface area contributed by atoms with E-state index in [0.29, 0.717) is 13.0 Å². The van der Waals surface area contributed by atoms with Crippen LogP contribution < -0.4 is 0 Å². The smallest absolute Gasteiger partial charge is 0.306 e. The van der Waals surface area contributed by atoms with E-state index >= 15 is 0 Å². The van der Waals surface area contributed by atoms with Gasteiger partial charge < -0.3 is 9.84 Å². The van der Waals surface area contributed by atoms with E-state index in [1.54, 1.807) is 0 Å². The van der Waals surface area contributed by atoms with E-state index in [-0.39, 0.29) is 12.6 Å². The third kappa shape index (κ3) is 3.30. The Morgan fingerprint density at radius 3 is 1.90 bits per heavy atom. The fourth-order valence-electron chi connectivity index (χ4n) is 4.85. The number of hydrogen-bond acceptors (Lipinski definition) is 3. The second-order valence-electron chi connectivity index (χ2n) is 8.28. The molecule has 0 spiro atoms. The SMILES string of the molecule is CCCCCC(=O)OCc1ccc2c3cccc4c(CO)ccc(c5cccc1c52)c43. The summed E-state index contributed by atoms with van der Waals surface area (Å²) in [6.45, 7) is 2.45. The summed E-state index contributed by atoms with van der Waals surface area (Å²) in [6, 6.07) is 21.0. The number of aliphatic hydroxyl groups excluding tert-OH is 1. The summed E-state index contributed by atoms with van der Waals surface area (Å²) in [5.41, 5.74) is 1.98. The maximum Gasteiger partial charge on any atom is 0.306 e. The highest BCUT2D eigenvalue weighted by molar-refractivity contribution is 6.33. The lowest BCUT2D eigenvalue weighted by Gasteiger charge is -2.17. The van der Waals surface area contributed by atoms with Crippen molar-refractivity contribution in [3.8, 4) is 0 Å². The molecule has 3 heteroatoms. The third-order valence-electron chi connectivity index (χ3n) is 6.39. The van der Waals surface area contributed by atoms with Crippen LogP contribution in [0.5, 0.6) is 0 Å². The number of hydrogen-bond donors (Lipinski definition) is 1. The van der Waals surface area contributed by atoms with Gasteiger partial charge in [0, 0.05) is 6.42 Å². The maximum atomic E-state index is 12.1. The van der Waals surface area contributed by atoms with Crippen molar-refractivity contribution in [2.24, 2.45) is 0 Å². The zero-order chi connectivity index (χ0) is 21.4. The molecule has 0 bridgehead atoms. The average Bonchev–Trinajstić information content (AvgIpc) is 2.81. The van der Waals surface area contributed by atoms with E-state index < -0.39 is 0 Å². The van der Waals surface area contributed by atoms with Gasteiger partial charge in [-0.2, -0.15) is 0 Å². The van der Waals surface area contributed by atoms with E-state index in [1.165, 1.54) is 32.3 Å². The number of rotatable bonds is 7. The van der Waals surface area contributed by atoms with Gasteiger partial charge in [0.05, 0.1) is 6.61 Å². The molecule has 0 aliphatic rings. The number of fused-ring (bicyclic) bond motifs is 2. The summed E-state index contributed by atoms with van der Waals surface area (Å²) in [5, 5.41) is 19.2. The fourth-order valence-corrected chi connectivity index (χ4v) is 4.85. The Labute approximate surface area is 181 Å². The minimum Gasteiger partial charge on any atom is -0.461 e. The van der Waals surface area contributed by atoms with Crippen molar-refractivity contribution in [3.05, 3.63) is 71.8 Å². The van der Waals surface area contributed by atoms with E-state index in [2.05, 4.69) is 61.5 Å². The molecule has 3 nitrogen and oxygen atoms in total. The van der Waals surface area contributed by atoms with Gasteiger partial charge >= 0.3 is 5.97 Å². The number of carbonyl (C=O) groups is 1. The van der Waals surface area contributed by atoms with Gasteiger partial charge in [-0.25, -0.2) is 0 Å². The standard InChI is InChI=1S/C28H26O3/c1-2-3-4-11-26(30)31-17-19-13-15-25-22-9-5-7-20-18(16-29)12-14-24(27(20)22)23-10-6-8-21(19)28(23)25/h5-10,12-15,29H,2-4,11,16-17H2,1H3. The lowest BCUT2D eigenvalue weighted by atomic mass is 9.87. The molecular formula is C28H26O3. The molecule has 5 aromatic carbocycles. The van der Waals surface area contributed by atoms with Crippen molar-refractivity contribution >= 4 is 49.1 Å². The van der Waals surface area contributed by atoms with Gasteiger partial charge in [0.1, 0.15) is 6.61 Å². The summed E-state index contributed by atoms with van der Waals surface area (Å²) >= 11 is 0. The highest BCUT2D eigenvalue weighted by Crippen LogP contribution is 2.41. The van der Waals surface area contributed by atoms with E-state index in [0.717, 1.165) is 41.2 Å². The second-order valence-corrected chi connectivity index (χ2v) is 8.28. The summed E-state index contributed by atoms with van der Waals surface area (Å²) < 4.78 is 5.60. The molecule has 0 unspecified atom stereocenters. The molecule has 0 heterocycles. The molecule has 0 atom stereocenters. The zero-order valence-corrected chi connectivity index (χ0v) is 17.8. The highest BCUT2D eigenvalue weighted by Gasteiger charge is 2.16. The summed E-state index contributed by atoms with van der Waals surface area (Å²) in [4.78, 5) is 12.1. The average molecular weight is 411 g/mol. The predicted molar refractivity (Wildman–Crippen MR) is 128 cm³/mol. The Hall–Kier alpha value is -3.17. The molecule has 0 fully saturated rings. The number of unbranched alkanes of at least 4 members (excludes halogenated alkanes) is 2. The van der Waals surface area contributed by atoms with Crippen molar-refractivity contribution < 1.29 is 14.6 Å². The molecule has 5 rings (SSSR count).